The molecule has 2 heterocycles. The number of rotatable bonds is 3. The molecule has 3 rings (SSSR count). The van der Waals surface area contributed by atoms with Crippen molar-refractivity contribution in [2.75, 3.05) is 5.32 Å². The average molecular weight is 418 g/mol. The van der Waals surface area contributed by atoms with Gasteiger partial charge in [-0.05, 0) is 40.2 Å². The Hall–Kier alpha value is -2.61. The second-order valence-corrected chi connectivity index (χ2v) is 7.56. The molecule has 0 spiro atoms. The quantitative estimate of drug-likeness (QED) is 0.695. The third-order valence-electron chi connectivity index (χ3n) is 3.64. The van der Waals surface area contributed by atoms with Gasteiger partial charge in [-0.25, -0.2) is 14.4 Å². The summed E-state index contributed by atoms with van der Waals surface area (Å²) >= 11 is 3.21. The van der Waals surface area contributed by atoms with E-state index in [0.29, 0.717) is 21.8 Å². The fourth-order valence-electron chi connectivity index (χ4n) is 2.25. The number of anilines is 1. The molecule has 0 saturated heterocycles. The summed E-state index contributed by atoms with van der Waals surface area (Å²) in [6.07, 6.45) is 3.20. The zero-order valence-electron chi connectivity index (χ0n) is 14.5. The first kappa shape index (κ1) is 18.2. The fraction of sp³-hybridized carbons (Fsp3) is 0.222. The summed E-state index contributed by atoms with van der Waals surface area (Å²) in [6.45, 7) is 6.06. The number of hydrogen-bond acceptors (Lipinski definition) is 4. The van der Waals surface area contributed by atoms with Crippen LogP contribution in [-0.4, -0.2) is 25.7 Å². The molecule has 6 nitrogen and oxygen atoms in total. The molecule has 8 heteroatoms. The number of hydrogen-bond donors (Lipinski definition) is 1. The van der Waals surface area contributed by atoms with Gasteiger partial charge in [-0.2, -0.15) is 9.78 Å². The Morgan fingerprint density at radius 1 is 1.19 bits per heavy atom. The van der Waals surface area contributed by atoms with Crippen molar-refractivity contribution in [3.05, 3.63) is 64.3 Å². The van der Waals surface area contributed by atoms with Crippen molar-refractivity contribution in [3.63, 3.8) is 0 Å². The maximum atomic E-state index is 13.3. The molecule has 2 aromatic heterocycles. The molecular formula is C18H17BrFN5O. The van der Waals surface area contributed by atoms with Crippen LogP contribution in [0.25, 0.3) is 5.95 Å². The molecule has 26 heavy (non-hydrogen) atoms. The number of nitrogens with one attached hydrogen (secondary N) is 1. The Balaban J connectivity index is 2.01. The van der Waals surface area contributed by atoms with E-state index in [0.717, 1.165) is 5.69 Å². The molecular weight excluding hydrogens is 401 g/mol. The van der Waals surface area contributed by atoms with Gasteiger partial charge >= 0.3 is 0 Å². The number of benzene rings is 1. The van der Waals surface area contributed by atoms with Gasteiger partial charge in [0.1, 0.15) is 11.6 Å². The van der Waals surface area contributed by atoms with Crippen LogP contribution in [0.5, 0.6) is 0 Å². The normalized spacial score (nSPS) is 11.4. The molecule has 0 atom stereocenters. The maximum absolute atomic E-state index is 13.3. The van der Waals surface area contributed by atoms with Crippen molar-refractivity contribution in [1.82, 2.24) is 19.7 Å². The fourth-order valence-corrected chi connectivity index (χ4v) is 2.78. The number of amides is 1. The van der Waals surface area contributed by atoms with Gasteiger partial charge in [-0.1, -0.05) is 20.8 Å². The molecule has 0 saturated carbocycles. The zero-order chi connectivity index (χ0) is 18.9. The predicted octanol–water partition coefficient (Wildman–Crippen LogP) is 4.11. The van der Waals surface area contributed by atoms with Crippen LogP contribution in [0.4, 0.5) is 10.2 Å². The zero-order valence-corrected chi connectivity index (χ0v) is 16.1. The van der Waals surface area contributed by atoms with Gasteiger partial charge in [0.15, 0.2) is 0 Å². The molecule has 3 aromatic rings. The van der Waals surface area contributed by atoms with Gasteiger partial charge in [0.2, 0.25) is 0 Å². The van der Waals surface area contributed by atoms with Crippen LogP contribution in [0.1, 0.15) is 36.8 Å². The Kier molecular flexibility index (Phi) is 4.86. The third-order valence-corrected chi connectivity index (χ3v) is 4.29. The minimum absolute atomic E-state index is 0.226. The molecule has 0 aliphatic heterocycles. The second kappa shape index (κ2) is 6.95. The van der Waals surface area contributed by atoms with Crippen LogP contribution in [0.15, 0.2) is 47.2 Å². The van der Waals surface area contributed by atoms with Crippen LogP contribution in [0.3, 0.4) is 0 Å². The molecule has 1 aromatic carbocycles. The summed E-state index contributed by atoms with van der Waals surface area (Å²) in [7, 11) is 0. The monoisotopic (exact) mass is 417 g/mol. The molecule has 0 fully saturated rings. The summed E-state index contributed by atoms with van der Waals surface area (Å²) < 4.78 is 15.1. The van der Waals surface area contributed by atoms with Crippen molar-refractivity contribution in [3.8, 4) is 5.95 Å². The van der Waals surface area contributed by atoms with Crippen LogP contribution in [0.2, 0.25) is 0 Å². The van der Waals surface area contributed by atoms with Crippen molar-refractivity contribution in [2.24, 2.45) is 0 Å². The van der Waals surface area contributed by atoms with E-state index in [-0.39, 0.29) is 5.41 Å². The first-order valence-corrected chi connectivity index (χ1v) is 8.69. The number of nitrogens with zero attached hydrogens (tertiary/aromatic N) is 4. The van der Waals surface area contributed by atoms with E-state index < -0.39 is 11.7 Å². The minimum Gasteiger partial charge on any atom is -0.306 e. The summed E-state index contributed by atoms with van der Waals surface area (Å²) in [5.74, 6) is -0.0422. The molecule has 0 unspecified atom stereocenters. The van der Waals surface area contributed by atoms with Gasteiger partial charge in [0.05, 0.1) is 11.3 Å². The van der Waals surface area contributed by atoms with Gasteiger partial charge in [0, 0.05) is 28.3 Å². The van der Waals surface area contributed by atoms with E-state index in [1.54, 1.807) is 24.5 Å². The van der Waals surface area contributed by atoms with Gasteiger partial charge in [0.25, 0.3) is 11.9 Å². The first-order chi connectivity index (χ1) is 12.3. The molecule has 1 N–H and O–H groups in total. The molecule has 0 bridgehead atoms. The summed E-state index contributed by atoms with van der Waals surface area (Å²) in [4.78, 5) is 21.0. The van der Waals surface area contributed by atoms with Crippen LogP contribution in [-0.2, 0) is 5.41 Å². The van der Waals surface area contributed by atoms with Crippen molar-refractivity contribution < 1.29 is 9.18 Å². The molecule has 0 aliphatic rings. The van der Waals surface area contributed by atoms with Crippen LogP contribution >= 0.6 is 15.9 Å². The van der Waals surface area contributed by atoms with E-state index in [9.17, 15) is 9.18 Å². The minimum atomic E-state index is -0.425. The highest BCUT2D eigenvalue weighted by atomic mass is 79.9. The van der Waals surface area contributed by atoms with Crippen molar-refractivity contribution in [1.29, 1.82) is 0 Å². The van der Waals surface area contributed by atoms with Crippen LogP contribution in [0, 0.1) is 5.82 Å². The van der Waals surface area contributed by atoms with Crippen LogP contribution < -0.4 is 5.32 Å². The Morgan fingerprint density at radius 2 is 1.88 bits per heavy atom. The lowest BCUT2D eigenvalue weighted by molar-refractivity contribution is 0.102. The standard InChI is InChI=1S/C18H17BrFN5O/c1-18(2,3)14-10-15(25(24-14)17-21-7-4-8-22-17)23-16(26)12-6-5-11(20)9-13(12)19/h4-10H,1-3H3,(H,23,26). The largest absolute Gasteiger partial charge is 0.306 e. The van der Waals surface area contributed by atoms with Gasteiger partial charge < -0.3 is 5.32 Å². The maximum Gasteiger partial charge on any atom is 0.257 e. The number of carbonyl (C=O) groups excluding carboxylic acids is 1. The SMILES string of the molecule is CC(C)(C)c1cc(NC(=O)c2ccc(F)cc2Br)n(-c2ncccn2)n1. The van der Waals surface area contributed by atoms with E-state index in [1.165, 1.54) is 22.9 Å². The average Bonchev–Trinajstić information content (AvgIpc) is 2.99. The summed E-state index contributed by atoms with van der Waals surface area (Å²) in [5.41, 5.74) is 0.861. The summed E-state index contributed by atoms with van der Waals surface area (Å²) in [6, 6.07) is 7.38. The number of aromatic nitrogens is 4. The van der Waals surface area contributed by atoms with E-state index in [4.69, 9.17) is 0 Å². The van der Waals surface area contributed by atoms with Crippen molar-refractivity contribution >= 4 is 27.7 Å². The van der Waals surface area contributed by atoms with Gasteiger partial charge in [-0.3, -0.25) is 4.79 Å². The Labute approximate surface area is 158 Å². The van der Waals surface area contributed by atoms with E-state index in [2.05, 4.69) is 36.3 Å². The molecule has 1 amide bonds. The predicted molar refractivity (Wildman–Crippen MR) is 99.9 cm³/mol. The van der Waals surface area contributed by atoms with Crippen molar-refractivity contribution in [2.45, 2.75) is 26.2 Å². The first-order valence-electron chi connectivity index (χ1n) is 7.90. The lowest BCUT2D eigenvalue weighted by atomic mass is 9.92. The second-order valence-electron chi connectivity index (χ2n) is 6.70. The number of carbonyl (C=O) groups is 1. The lowest BCUT2D eigenvalue weighted by Crippen LogP contribution is -2.16. The highest BCUT2D eigenvalue weighted by Crippen LogP contribution is 2.26. The Morgan fingerprint density at radius 3 is 2.50 bits per heavy atom. The molecule has 0 radical (unpaired) electrons. The molecule has 0 aliphatic carbocycles. The lowest BCUT2D eigenvalue weighted by Gasteiger charge is -2.13. The van der Waals surface area contributed by atoms with Gasteiger partial charge in [-0.15, -0.1) is 0 Å². The van der Waals surface area contributed by atoms with E-state index >= 15 is 0 Å². The third kappa shape index (κ3) is 3.80. The Bertz CT molecular complexity index is 950. The molecule has 134 valence electrons. The highest BCUT2D eigenvalue weighted by Gasteiger charge is 2.23. The summed E-state index contributed by atoms with van der Waals surface area (Å²) in [5, 5.41) is 7.35. The highest BCUT2D eigenvalue weighted by molar-refractivity contribution is 9.10. The van der Waals surface area contributed by atoms with E-state index in [1.807, 2.05) is 20.8 Å². The number of halogens is 2. The smallest absolute Gasteiger partial charge is 0.257 e. The topological polar surface area (TPSA) is 72.7 Å².